The molecule has 142 valence electrons. The fourth-order valence-corrected chi connectivity index (χ4v) is 4.19. The van der Waals surface area contributed by atoms with Gasteiger partial charge in [-0.3, -0.25) is 14.6 Å². The summed E-state index contributed by atoms with van der Waals surface area (Å²) in [4.78, 5) is 15.3. The maximum absolute atomic E-state index is 12.4. The number of nitrogens with zero attached hydrogens (tertiary/aromatic N) is 2. The number of H-pyrrole nitrogens is 1. The monoisotopic (exact) mass is 407 g/mol. The first-order chi connectivity index (χ1) is 12.9. The van der Waals surface area contributed by atoms with Gasteiger partial charge in [0.25, 0.3) is 0 Å². The summed E-state index contributed by atoms with van der Waals surface area (Å²) in [5, 5.41) is 21.0. The number of rotatable bonds is 7. The quantitative estimate of drug-likeness (QED) is 0.437. The van der Waals surface area contributed by atoms with Gasteiger partial charge in [0.05, 0.1) is 16.3 Å². The first kappa shape index (κ1) is 19.0. The van der Waals surface area contributed by atoms with Crippen LogP contribution in [0.25, 0.3) is 10.8 Å². The van der Waals surface area contributed by atoms with Crippen LogP contribution in [0.3, 0.4) is 0 Å². The van der Waals surface area contributed by atoms with Gasteiger partial charge in [0.1, 0.15) is 12.1 Å². The van der Waals surface area contributed by atoms with Crippen molar-refractivity contribution in [3.8, 4) is 5.75 Å². The first-order valence-electron chi connectivity index (χ1n) is 7.88. The largest absolute Gasteiger partial charge is 0.506 e. The average Bonchev–Trinajstić information content (AvgIpc) is 3.11. The standard InChI is InChI=1S/C16H17N5O4S2/c1-10(22)17-6-7-27(24,25)21-13-8-14(26-16-18-9-19-20-16)15(23)12-5-3-2-4-11(12)13/h2-5,8-9,21,23H,6-7H2,1H3,(H,17,22)(H,18,19,20). The molecule has 0 fully saturated rings. The van der Waals surface area contributed by atoms with Crippen molar-refractivity contribution in [2.24, 2.45) is 0 Å². The van der Waals surface area contributed by atoms with E-state index in [9.17, 15) is 18.3 Å². The maximum atomic E-state index is 12.4. The Morgan fingerprint density at radius 2 is 2.04 bits per heavy atom. The number of amides is 1. The van der Waals surface area contributed by atoms with Gasteiger partial charge >= 0.3 is 0 Å². The molecule has 0 atom stereocenters. The molecule has 0 aliphatic heterocycles. The molecule has 0 bridgehead atoms. The van der Waals surface area contributed by atoms with Gasteiger partial charge in [-0.2, -0.15) is 5.10 Å². The Morgan fingerprint density at radius 1 is 1.30 bits per heavy atom. The molecule has 0 aliphatic rings. The summed E-state index contributed by atoms with van der Waals surface area (Å²) in [7, 11) is -3.70. The van der Waals surface area contributed by atoms with Crippen molar-refractivity contribution >= 4 is 44.2 Å². The Morgan fingerprint density at radius 3 is 2.70 bits per heavy atom. The van der Waals surface area contributed by atoms with Crippen LogP contribution in [0.5, 0.6) is 5.75 Å². The number of carbonyl (C=O) groups is 1. The van der Waals surface area contributed by atoms with E-state index in [1.54, 1.807) is 30.3 Å². The van der Waals surface area contributed by atoms with Crippen LogP contribution in [0, 0.1) is 0 Å². The highest BCUT2D eigenvalue weighted by Crippen LogP contribution is 2.41. The molecule has 1 heterocycles. The summed E-state index contributed by atoms with van der Waals surface area (Å²) in [5.74, 6) is -0.550. The molecule has 0 radical (unpaired) electrons. The minimum absolute atomic E-state index is 0.000352. The van der Waals surface area contributed by atoms with Gasteiger partial charge in [0, 0.05) is 24.2 Å². The molecule has 0 aliphatic carbocycles. The van der Waals surface area contributed by atoms with E-state index >= 15 is 0 Å². The molecule has 1 aromatic heterocycles. The molecule has 11 heteroatoms. The van der Waals surface area contributed by atoms with Gasteiger partial charge in [0.2, 0.25) is 15.9 Å². The van der Waals surface area contributed by atoms with Crippen molar-refractivity contribution in [2.75, 3.05) is 17.0 Å². The van der Waals surface area contributed by atoms with Crippen LogP contribution in [0.4, 0.5) is 5.69 Å². The van der Waals surface area contributed by atoms with E-state index in [1.165, 1.54) is 13.3 Å². The van der Waals surface area contributed by atoms with E-state index in [4.69, 9.17) is 0 Å². The van der Waals surface area contributed by atoms with E-state index in [2.05, 4.69) is 25.2 Å². The van der Waals surface area contributed by atoms with Crippen LogP contribution in [-0.4, -0.2) is 46.9 Å². The maximum Gasteiger partial charge on any atom is 0.234 e. The van der Waals surface area contributed by atoms with E-state index in [-0.39, 0.29) is 24.0 Å². The minimum atomic E-state index is -3.70. The zero-order valence-corrected chi connectivity index (χ0v) is 15.9. The van der Waals surface area contributed by atoms with Gasteiger partial charge in [0.15, 0.2) is 5.16 Å². The highest BCUT2D eigenvalue weighted by atomic mass is 32.2. The summed E-state index contributed by atoms with van der Waals surface area (Å²) in [5.41, 5.74) is 0.327. The van der Waals surface area contributed by atoms with Gasteiger partial charge in [-0.05, 0) is 17.8 Å². The van der Waals surface area contributed by atoms with E-state index < -0.39 is 10.0 Å². The van der Waals surface area contributed by atoms with Crippen LogP contribution in [0.1, 0.15) is 6.92 Å². The van der Waals surface area contributed by atoms with Crippen molar-refractivity contribution < 1.29 is 18.3 Å². The Hall–Kier alpha value is -2.79. The summed E-state index contributed by atoms with van der Waals surface area (Å²) < 4.78 is 27.3. The molecular formula is C16H17N5O4S2. The Labute approximate surface area is 159 Å². The predicted molar refractivity (Wildman–Crippen MR) is 102 cm³/mol. The van der Waals surface area contributed by atoms with Crippen molar-refractivity contribution in [3.05, 3.63) is 36.7 Å². The number of aromatic nitrogens is 3. The molecule has 27 heavy (non-hydrogen) atoms. The number of phenolic OH excluding ortho intramolecular Hbond substituents is 1. The van der Waals surface area contributed by atoms with Gasteiger partial charge in [-0.1, -0.05) is 24.3 Å². The Balaban J connectivity index is 1.96. The molecule has 0 saturated heterocycles. The fourth-order valence-electron chi connectivity index (χ4n) is 2.42. The average molecular weight is 407 g/mol. The second-order valence-electron chi connectivity index (χ2n) is 5.61. The highest BCUT2D eigenvalue weighted by Gasteiger charge is 2.17. The predicted octanol–water partition coefficient (Wildman–Crippen LogP) is 1.69. The number of nitrogens with one attached hydrogen (secondary N) is 3. The van der Waals surface area contributed by atoms with Crippen molar-refractivity contribution in [1.29, 1.82) is 0 Å². The minimum Gasteiger partial charge on any atom is -0.506 e. The Bertz CT molecular complexity index is 1070. The number of hydrogen-bond acceptors (Lipinski definition) is 7. The number of phenols is 1. The fraction of sp³-hybridized carbons (Fsp3) is 0.188. The highest BCUT2D eigenvalue weighted by molar-refractivity contribution is 7.99. The molecule has 3 aromatic rings. The molecule has 2 aromatic carbocycles. The lowest BCUT2D eigenvalue weighted by atomic mass is 10.1. The van der Waals surface area contributed by atoms with Crippen molar-refractivity contribution in [1.82, 2.24) is 20.5 Å². The second kappa shape index (κ2) is 7.84. The lowest BCUT2D eigenvalue weighted by Gasteiger charge is -2.14. The molecule has 0 saturated carbocycles. The van der Waals surface area contributed by atoms with Crippen molar-refractivity contribution in [2.45, 2.75) is 17.0 Å². The van der Waals surface area contributed by atoms with Crippen LogP contribution in [-0.2, 0) is 14.8 Å². The normalized spacial score (nSPS) is 11.4. The van der Waals surface area contributed by atoms with Crippen LogP contribution in [0.2, 0.25) is 0 Å². The zero-order chi connectivity index (χ0) is 19.4. The summed E-state index contributed by atoms with van der Waals surface area (Å²) >= 11 is 1.13. The molecule has 3 rings (SSSR count). The molecule has 0 unspecified atom stereocenters. The molecule has 9 nitrogen and oxygen atoms in total. The lowest BCUT2D eigenvalue weighted by Crippen LogP contribution is -2.29. The van der Waals surface area contributed by atoms with Crippen LogP contribution >= 0.6 is 11.8 Å². The lowest BCUT2D eigenvalue weighted by molar-refractivity contribution is -0.118. The molecule has 1 amide bonds. The number of anilines is 1. The van der Waals surface area contributed by atoms with Crippen molar-refractivity contribution in [3.63, 3.8) is 0 Å². The van der Waals surface area contributed by atoms with Gasteiger partial charge in [-0.25, -0.2) is 13.4 Å². The third kappa shape index (κ3) is 4.68. The van der Waals surface area contributed by atoms with Gasteiger partial charge in [-0.15, -0.1) is 0 Å². The van der Waals surface area contributed by atoms with Crippen LogP contribution < -0.4 is 10.0 Å². The second-order valence-corrected chi connectivity index (χ2v) is 8.49. The van der Waals surface area contributed by atoms with E-state index in [1.807, 2.05) is 0 Å². The van der Waals surface area contributed by atoms with E-state index in [0.717, 1.165) is 11.8 Å². The first-order valence-corrected chi connectivity index (χ1v) is 10.4. The number of carbonyl (C=O) groups excluding carboxylic acids is 1. The summed E-state index contributed by atoms with van der Waals surface area (Å²) in [6.07, 6.45) is 1.34. The third-order valence-electron chi connectivity index (χ3n) is 3.59. The summed E-state index contributed by atoms with van der Waals surface area (Å²) in [6.45, 7) is 1.32. The smallest absolute Gasteiger partial charge is 0.234 e. The number of aromatic amines is 1. The zero-order valence-electron chi connectivity index (χ0n) is 14.3. The topological polar surface area (TPSA) is 137 Å². The molecule has 4 N–H and O–H groups in total. The number of benzene rings is 2. The number of hydrogen-bond donors (Lipinski definition) is 4. The third-order valence-corrected chi connectivity index (χ3v) is 5.78. The van der Waals surface area contributed by atoms with Gasteiger partial charge < -0.3 is 10.4 Å². The molecule has 0 spiro atoms. The van der Waals surface area contributed by atoms with E-state index in [0.29, 0.717) is 26.5 Å². The SMILES string of the molecule is CC(=O)NCCS(=O)(=O)Nc1cc(Sc2ncn[nH]2)c(O)c2ccccc12. The number of fused-ring (bicyclic) bond motifs is 1. The number of sulfonamides is 1. The summed E-state index contributed by atoms with van der Waals surface area (Å²) in [6, 6.07) is 8.45. The Kier molecular flexibility index (Phi) is 5.51. The number of aromatic hydroxyl groups is 1. The molecular weight excluding hydrogens is 390 g/mol. The van der Waals surface area contributed by atoms with Crippen LogP contribution in [0.15, 0.2) is 46.7 Å².